The molecule has 0 aliphatic heterocycles. The van der Waals surface area contributed by atoms with E-state index in [0.29, 0.717) is 6.16 Å². The Morgan fingerprint density at radius 3 is 1.44 bits per heavy atom. The summed E-state index contributed by atoms with van der Waals surface area (Å²) in [5, 5.41) is 0. The van der Waals surface area contributed by atoms with Gasteiger partial charge in [0.1, 0.15) is 0 Å². The van der Waals surface area contributed by atoms with Gasteiger partial charge in [-0.15, -0.1) is 0 Å². The normalized spacial score (nSPS) is 11.5. The van der Waals surface area contributed by atoms with Gasteiger partial charge < -0.3 is 0 Å². The third-order valence-electron chi connectivity index (χ3n) is 4.06. The maximum Gasteiger partial charge on any atom is 0.347 e. The molecule has 0 aromatic heterocycles. The molecule has 1 unspecified atom stereocenters. The summed E-state index contributed by atoms with van der Waals surface area (Å²) < 4.78 is 12.8. The minimum Gasteiger partial charge on any atom is -0.0740 e. The van der Waals surface area contributed by atoms with E-state index in [4.69, 9.17) is 0 Å². The van der Waals surface area contributed by atoms with Gasteiger partial charge in [-0.2, -0.15) is 0 Å². The van der Waals surface area contributed by atoms with Crippen molar-refractivity contribution in [2.45, 2.75) is 18.5 Å². The van der Waals surface area contributed by atoms with Crippen LogP contribution in [0.25, 0.3) is 0 Å². The highest BCUT2D eigenvalue weighted by atomic mass is 31.2. The third kappa shape index (κ3) is 6.20. The molecule has 0 saturated carbocycles. The Labute approximate surface area is 152 Å². The molecule has 0 saturated heterocycles. The second-order valence-corrected chi connectivity index (χ2v) is 10.6. The third-order valence-corrected chi connectivity index (χ3v) is 9.26. The fraction of sp³-hybridized carbons (Fsp3) is 0.182. The van der Waals surface area contributed by atoms with Crippen LogP contribution in [0.15, 0.2) is 91.0 Å². The van der Waals surface area contributed by atoms with Gasteiger partial charge in [-0.05, 0) is 36.9 Å². The molecule has 1 nitrogen and oxygen atoms in total. The molecule has 126 valence electrons. The maximum atomic E-state index is 12.8. The van der Waals surface area contributed by atoms with Gasteiger partial charge >= 0.3 is 7.80 Å². The van der Waals surface area contributed by atoms with E-state index < -0.39 is 7.80 Å². The van der Waals surface area contributed by atoms with Gasteiger partial charge in [0, 0.05) is 0 Å². The van der Waals surface area contributed by atoms with Crippen molar-refractivity contribution in [2.24, 2.45) is 0 Å². The van der Waals surface area contributed by atoms with Gasteiger partial charge in [0.05, 0.1) is 0 Å². The monoisotopic (exact) mass is 365 g/mol. The first-order valence-corrected chi connectivity index (χ1v) is 12.1. The Hall–Kier alpha value is -1.81. The van der Waals surface area contributed by atoms with Crippen molar-refractivity contribution in [1.82, 2.24) is 0 Å². The molecule has 0 spiro atoms. The second kappa shape index (κ2) is 9.62. The van der Waals surface area contributed by atoms with Crippen LogP contribution in [-0.2, 0) is 23.1 Å². The predicted octanol–water partition coefficient (Wildman–Crippen LogP) is 6.85. The van der Waals surface area contributed by atoms with Crippen LogP contribution in [0, 0.1) is 0 Å². The molecule has 0 aliphatic rings. The molecule has 0 radical (unpaired) electrons. The summed E-state index contributed by atoms with van der Waals surface area (Å²) in [7, 11) is -1.54. The lowest BCUT2D eigenvalue weighted by molar-refractivity contribution is 0.590. The van der Waals surface area contributed by atoms with E-state index in [1.165, 1.54) is 16.7 Å². The van der Waals surface area contributed by atoms with E-state index in [2.05, 4.69) is 72.8 Å². The number of benzene rings is 3. The second-order valence-electron chi connectivity index (χ2n) is 6.23. The topological polar surface area (TPSA) is 17.1 Å². The van der Waals surface area contributed by atoms with Crippen molar-refractivity contribution >= 4 is 15.7 Å². The van der Waals surface area contributed by atoms with Crippen molar-refractivity contribution < 1.29 is 4.57 Å². The minimum atomic E-state index is -1.21. The van der Waals surface area contributed by atoms with Crippen LogP contribution >= 0.6 is 15.7 Å². The van der Waals surface area contributed by atoms with Crippen LogP contribution in [0.5, 0.6) is 0 Å². The lowest BCUT2D eigenvalue weighted by Gasteiger charge is -2.13. The molecule has 3 aromatic rings. The first-order valence-electron chi connectivity index (χ1n) is 8.56. The maximum absolute atomic E-state index is 12.8. The van der Waals surface area contributed by atoms with Crippen LogP contribution in [0.4, 0.5) is 0 Å². The Balaban J connectivity index is 1.68. The molecule has 0 heterocycles. The van der Waals surface area contributed by atoms with Gasteiger partial charge in [-0.25, -0.2) is 0 Å². The van der Waals surface area contributed by atoms with Gasteiger partial charge in [-0.1, -0.05) is 95.6 Å². The van der Waals surface area contributed by atoms with Crippen molar-refractivity contribution in [1.29, 1.82) is 0 Å². The molecule has 25 heavy (non-hydrogen) atoms. The van der Waals surface area contributed by atoms with Gasteiger partial charge in [-0.3, -0.25) is 0 Å². The van der Waals surface area contributed by atoms with E-state index in [0.717, 1.165) is 18.2 Å². The first-order chi connectivity index (χ1) is 12.3. The first kappa shape index (κ1) is 18.0. The lowest BCUT2D eigenvalue weighted by Crippen LogP contribution is -1.93. The highest BCUT2D eigenvalue weighted by Crippen LogP contribution is 2.51. The average Bonchev–Trinajstić information content (AvgIpc) is 2.64. The summed E-state index contributed by atoms with van der Waals surface area (Å²) in [5.41, 5.74) is 3.89. The smallest absolute Gasteiger partial charge is 0.0740 e. The van der Waals surface area contributed by atoms with Crippen molar-refractivity contribution in [3.8, 4) is 0 Å². The average molecular weight is 365 g/mol. The molecule has 3 rings (SSSR count). The van der Waals surface area contributed by atoms with E-state index >= 15 is 0 Å². The fourth-order valence-electron chi connectivity index (χ4n) is 2.90. The summed E-state index contributed by atoms with van der Waals surface area (Å²) in [5.74, 6) is 0.837. The summed E-state index contributed by atoms with van der Waals surface area (Å²) in [4.78, 5) is 0. The Morgan fingerprint density at radius 1 is 0.600 bits per heavy atom. The Morgan fingerprint density at radius 2 is 1.00 bits per heavy atom. The molecule has 0 N–H and O–H groups in total. The summed E-state index contributed by atoms with van der Waals surface area (Å²) in [6.07, 6.45) is 2.78. The van der Waals surface area contributed by atoms with Crippen LogP contribution in [-0.4, -0.2) is 5.90 Å². The zero-order valence-electron chi connectivity index (χ0n) is 14.3. The van der Waals surface area contributed by atoms with Crippen molar-refractivity contribution in [2.75, 3.05) is 5.90 Å². The minimum absolute atomic E-state index is 0.333. The zero-order valence-corrected chi connectivity index (χ0v) is 16.1. The molecule has 3 heteroatoms. The molecule has 0 amide bonds. The summed E-state index contributed by atoms with van der Waals surface area (Å²) in [6, 6.07) is 31.4. The van der Waals surface area contributed by atoms with E-state index in [9.17, 15) is 4.57 Å². The zero-order chi connectivity index (χ0) is 17.3. The van der Waals surface area contributed by atoms with Crippen molar-refractivity contribution in [3.63, 3.8) is 0 Å². The van der Waals surface area contributed by atoms with E-state index in [1.54, 1.807) is 0 Å². The van der Waals surface area contributed by atoms with E-state index in [1.807, 2.05) is 18.2 Å². The van der Waals surface area contributed by atoms with Crippen LogP contribution in [0.2, 0.25) is 0 Å². The Bertz CT molecular complexity index is 731. The largest absolute Gasteiger partial charge is 0.347 e. The van der Waals surface area contributed by atoms with E-state index in [-0.39, 0.29) is 7.92 Å². The molecule has 3 aromatic carbocycles. The van der Waals surface area contributed by atoms with Crippen LogP contribution in [0.3, 0.4) is 0 Å². The molecule has 0 bridgehead atoms. The quantitative estimate of drug-likeness (QED) is 0.399. The van der Waals surface area contributed by atoms with Crippen LogP contribution < -0.4 is 0 Å². The highest BCUT2D eigenvalue weighted by Gasteiger charge is 2.23. The number of hydrogen-bond donors (Lipinski definition) is 0. The lowest BCUT2D eigenvalue weighted by atomic mass is 10.2. The van der Waals surface area contributed by atoms with Gasteiger partial charge in [0.2, 0.25) is 0 Å². The fourth-order valence-corrected chi connectivity index (χ4v) is 8.07. The SMILES string of the molecule is O=[P+](Cc1ccccc1)CP(Cc1ccccc1)Cc1ccccc1. The highest BCUT2D eigenvalue weighted by molar-refractivity contribution is 7.68. The predicted molar refractivity (Wildman–Crippen MR) is 110 cm³/mol. The molecular weight excluding hydrogens is 342 g/mol. The number of hydrogen-bond acceptors (Lipinski definition) is 1. The van der Waals surface area contributed by atoms with Crippen molar-refractivity contribution in [3.05, 3.63) is 108 Å². The van der Waals surface area contributed by atoms with Crippen LogP contribution in [0.1, 0.15) is 16.7 Å². The summed E-state index contributed by atoms with van der Waals surface area (Å²) in [6.45, 7) is 0. The standard InChI is InChI=1S/C22H23OP2/c23-25(18-22-14-8-3-9-15-22)19-24(16-20-10-4-1-5-11-20)17-21-12-6-2-7-13-21/h1-15H,16-19H2/q+1. The summed E-state index contributed by atoms with van der Waals surface area (Å²) >= 11 is 0. The Kier molecular flexibility index (Phi) is 6.92. The molecule has 0 fully saturated rings. The molecule has 1 atom stereocenters. The number of rotatable bonds is 8. The van der Waals surface area contributed by atoms with Gasteiger partial charge in [0.15, 0.2) is 12.1 Å². The molecule has 0 aliphatic carbocycles. The van der Waals surface area contributed by atoms with Gasteiger partial charge in [0.25, 0.3) is 0 Å². The molecular formula is C22H23OP2+.